The second kappa shape index (κ2) is 7.53. The molecule has 7 nitrogen and oxygen atoms in total. The van der Waals surface area contributed by atoms with Crippen LogP contribution in [0.15, 0.2) is 29.2 Å². The van der Waals surface area contributed by atoms with E-state index < -0.39 is 10.0 Å². The van der Waals surface area contributed by atoms with Crippen LogP contribution in [0.5, 0.6) is 0 Å². The first kappa shape index (κ1) is 19.7. The van der Waals surface area contributed by atoms with Gasteiger partial charge in [0.25, 0.3) is 15.9 Å². The van der Waals surface area contributed by atoms with Gasteiger partial charge in [0.05, 0.1) is 18.8 Å². The molecule has 1 saturated heterocycles. The van der Waals surface area contributed by atoms with Crippen molar-refractivity contribution < 1.29 is 17.9 Å². The van der Waals surface area contributed by atoms with E-state index in [1.807, 2.05) is 0 Å². The molecule has 0 aliphatic carbocycles. The summed E-state index contributed by atoms with van der Waals surface area (Å²) in [5.41, 5.74) is 1.70. The molecule has 0 unspecified atom stereocenters. The minimum atomic E-state index is -3.97. The molecule has 0 saturated carbocycles. The van der Waals surface area contributed by atoms with Crippen LogP contribution in [0.4, 0.5) is 5.69 Å². The second-order valence-electron chi connectivity index (χ2n) is 6.45. The molecule has 0 atom stereocenters. The third-order valence-electron chi connectivity index (χ3n) is 4.80. The molecule has 146 valence electrons. The average Bonchev–Trinajstić information content (AvgIpc) is 2.88. The van der Waals surface area contributed by atoms with Crippen molar-refractivity contribution >= 4 is 33.2 Å². The van der Waals surface area contributed by atoms with Crippen molar-refractivity contribution in [2.75, 3.05) is 31.0 Å². The molecule has 0 spiro atoms. The maximum atomic E-state index is 13.1. The fourth-order valence-electron chi connectivity index (χ4n) is 3.15. The van der Waals surface area contributed by atoms with Gasteiger partial charge in [-0.2, -0.15) is 0 Å². The number of hydrogen-bond acceptors (Lipinski definition) is 4. The van der Waals surface area contributed by atoms with Crippen molar-refractivity contribution in [3.8, 4) is 0 Å². The zero-order valence-electron chi connectivity index (χ0n) is 15.5. The van der Waals surface area contributed by atoms with Gasteiger partial charge in [0, 0.05) is 42.2 Å². The summed E-state index contributed by atoms with van der Waals surface area (Å²) in [6.07, 6.45) is 0. The Labute approximate surface area is 163 Å². The van der Waals surface area contributed by atoms with Crippen LogP contribution in [-0.2, 0) is 21.8 Å². The van der Waals surface area contributed by atoms with Gasteiger partial charge >= 0.3 is 0 Å². The molecule has 1 fully saturated rings. The SMILES string of the molecule is Cc1c(C(=O)N2CCOCC2)c(S(=O)(=O)Nc2ccc(Cl)cc2)c(C)n1C. The van der Waals surface area contributed by atoms with Crippen molar-refractivity contribution in [1.29, 1.82) is 0 Å². The van der Waals surface area contributed by atoms with Crippen LogP contribution in [-0.4, -0.2) is 50.1 Å². The van der Waals surface area contributed by atoms with E-state index in [9.17, 15) is 13.2 Å². The Morgan fingerprint density at radius 2 is 1.70 bits per heavy atom. The Morgan fingerprint density at radius 1 is 1.11 bits per heavy atom. The van der Waals surface area contributed by atoms with Gasteiger partial charge in [0.1, 0.15) is 4.90 Å². The van der Waals surface area contributed by atoms with E-state index in [0.717, 1.165) is 0 Å². The van der Waals surface area contributed by atoms with E-state index in [-0.39, 0.29) is 16.4 Å². The van der Waals surface area contributed by atoms with Crippen LogP contribution >= 0.6 is 11.6 Å². The molecule has 1 aliphatic heterocycles. The van der Waals surface area contributed by atoms with E-state index in [1.165, 1.54) is 0 Å². The van der Waals surface area contributed by atoms with Crippen molar-refractivity contribution in [3.63, 3.8) is 0 Å². The number of nitrogens with zero attached hydrogens (tertiary/aromatic N) is 2. The first-order valence-electron chi connectivity index (χ1n) is 8.53. The largest absolute Gasteiger partial charge is 0.378 e. The van der Waals surface area contributed by atoms with Gasteiger partial charge in [0.2, 0.25) is 0 Å². The number of carbonyl (C=O) groups is 1. The quantitative estimate of drug-likeness (QED) is 0.838. The smallest absolute Gasteiger partial charge is 0.264 e. The number of ether oxygens (including phenoxy) is 1. The summed E-state index contributed by atoms with van der Waals surface area (Å²) < 4.78 is 35.8. The van der Waals surface area contributed by atoms with Crippen molar-refractivity contribution in [2.24, 2.45) is 7.05 Å². The normalized spacial score (nSPS) is 15.0. The van der Waals surface area contributed by atoms with Gasteiger partial charge in [-0.15, -0.1) is 0 Å². The van der Waals surface area contributed by atoms with E-state index >= 15 is 0 Å². The van der Waals surface area contributed by atoms with Gasteiger partial charge in [-0.25, -0.2) is 8.42 Å². The molecule has 0 radical (unpaired) electrons. The predicted octanol–water partition coefficient (Wildman–Crippen LogP) is 2.57. The number of carbonyl (C=O) groups excluding carboxylic acids is 1. The molecule has 1 aromatic heterocycles. The lowest BCUT2D eigenvalue weighted by molar-refractivity contribution is 0.0300. The highest BCUT2D eigenvalue weighted by atomic mass is 35.5. The van der Waals surface area contributed by atoms with Crippen molar-refractivity contribution in [3.05, 3.63) is 46.2 Å². The maximum absolute atomic E-state index is 13.1. The molecule has 27 heavy (non-hydrogen) atoms. The zero-order chi connectivity index (χ0) is 19.8. The Balaban J connectivity index is 2.04. The molecular weight excluding hydrogens is 390 g/mol. The third-order valence-corrected chi connectivity index (χ3v) is 6.59. The summed E-state index contributed by atoms with van der Waals surface area (Å²) in [6, 6.07) is 6.35. The lowest BCUT2D eigenvalue weighted by Gasteiger charge is -2.27. The summed E-state index contributed by atoms with van der Waals surface area (Å²) in [4.78, 5) is 14.7. The van der Waals surface area contributed by atoms with E-state index in [4.69, 9.17) is 16.3 Å². The Bertz CT molecular complexity index is 961. The molecule has 1 amide bonds. The Kier molecular flexibility index (Phi) is 5.50. The van der Waals surface area contributed by atoms with Gasteiger partial charge in [-0.1, -0.05) is 11.6 Å². The Morgan fingerprint density at radius 3 is 2.30 bits per heavy atom. The summed E-state index contributed by atoms with van der Waals surface area (Å²) in [5.74, 6) is -0.295. The maximum Gasteiger partial charge on any atom is 0.264 e. The number of halogens is 1. The molecular formula is C18H22ClN3O4S. The summed E-state index contributed by atoms with van der Waals surface area (Å²) in [5, 5.41) is 0.507. The van der Waals surface area contributed by atoms with E-state index in [0.29, 0.717) is 48.4 Å². The number of morpholine rings is 1. The summed E-state index contributed by atoms with van der Waals surface area (Å²) in [7, 11) is -2.21. The first-order valence-corrected chi connectivity index (χ1v) is 10.4. The predicted molar refractivity (Wildman–Crippen MR) is 104 cm³/mol. The van der Waals surface area contributed by atoms with Crippen LogP contribution < -0.4 is 4.72 Å². The van der Waals surface area contributed by atoms with E-state index in [2.05, 4.69) is 4.72 Å². The minimum absolute atomic E-state index is 0.00828. The number of hydrogen-bond donors (Lipinski definition) is 1. The highest BCUT2D eigenvalue weighted by Crippen LogP contribution is 2.29. The number of aromatic nitrogens is 1. The molecule has 2 heterocycles. The van der Waals surface area contributed by atoms with Crippen LogP contribution in [0.2, 0.25) is 5.02 Å². The number of nitrogens with one attached hydrogen (secondary N) is 1. The van der Waals surface area contributed by atoms with Crippen molar-refractivity contribution in [2.45, 2.75) is 18.7 Å². The van der Waals surface area contributed by atoms with Crippen LogP contribution in [0.25, 0.3) is 0 Å². The zero-order valence-corrected chi connectivity index (χ0v) is 17.0. The minimum Gasteiger partial charge on any atom is -0.378 e. The summed E-state index contributed by atoms with van der Waals surface area (Å²) >= 11 is 5.86. The van der Waals surface area contributed by atoms with Crippen LogP contribution in [0.1, 0.15) is 21.7 Å². The van der Waals surface area contributed by atoms with Gasteiger partial charge in [-0.05, 0) is 38.1 Å². The molecule has 2 aromatic rings. The fraction of sp³-hybridized carbons (Fsp3) is 0.389. The van der Waals surface area contributed by atoms with Gasteiger partial charge in [0.15, 0.2) is 0 Å². The number of benzene rings is 1. The van der Waals surface area contributed by atoms with E-state index in [1.54, 1.807) is 54.6 Å². The molecule has 1 aromatic carbocycles. The number of anilines is 1. The van der Waals surface area contributed by atoms with Gasteiger partial charge < -0.3 is 14.2 Å². The third kappa shape index (κ3) is 3.83. The van der Waals surface area contributed by atoms with Crippen LogP contribution in [0.3, 0.4) is 0 Å². The van der Waals surface area contributed by atoms with Gasteiger partial charge in [-0.3, -0.25) is 9.52 Å². The average molecular weight is 412 g/mol. The molecule has 1 N–H and O–H groups in total. The topological polar surface area (TPSA) is 80.6 Å². The Hall–Kier alpha value is -2.03. The second-order valence-corrected chi connectivity index (χ2v) is 8.51. The summed E-state index contributed by atoms with van der Waals surface area (Å²) in [6.45, 7) is 5.22. The lowest BCUT2D eigenvalue weighted by atomic mass is 10.2. The monoisotopic (exact) mass is 411 g/mol. The standard InChI is InChI=1S/C18H22ClN3O4S/c1-12-16(18(23)22-8-10-26-11-9-22)17(13(2)21(12)3)27(24,25)20-15-6-4-14(19)5-7-15/h4-7,20H,8-11H2,1-3H3. The molecule has 0 bridgehead atoms. The number of amides is 1. The highest BCUT2D eigenvalue weighted by Gasteiger charge is 2.33. The lowest BCUT2D eigenvalue weighted by Crippen LogP contribution is -2.41. The van der Waals surface area contributed by atoms with Crippen molar-refractivity contribution in [1.82, 2.24) is 9.47 Å². The molecule has 3 rings (SSSR count). The molecule has 1 aliphatic rings. The number of sulfonamides is 1. The first-order chi connectivity index (χ1) is 12.7. The molecule has 9 heteroatoms. The van der Waals surface area contributed by atoms with Crippen LogP contribution in [0, 0.1) is 13.8 Å². The number of rotatable bonds is 4. The highest BCUT2D eigenvalue weighted by molar-refractivity contribution is 7.92. The fourth-order valence-corrected chi connectivity index (χ4v) is 4.85.